The Labute approximate surface area is 254 Å². The number of amides is 3. The normalized spacial score (nSPS) is 21.7. The average molecular weight is 606 g/mol. The number of benzene rings is 2. The first-order chi connectivity index (χ1) is 21.3. The maximum absolute atomic E-state index is 14.6. The van der Waals surface area contributed by atoms with Gasteiger partial charge in [0.1, 0.15) is 17.7 Å². The van der Waals surface area contributed by atoms with Gasteiger partial charge in [0.15, 0.2) is 18.1 Å². The molecule has 3 heterocycles. The number of fused-ring (bicyclic) bond motifs is 5. The van der Waals surface area contributed by atoms with E-state index in [1.54, 1.807) is 34.0 Å². The van der Waals surface area contributed by atoms with E-state index in [4.69, 9.17) is 14.2 Å². The number of piperidine rings is 1. The molecule has 0 spiro atoms. The van der Waals surface area contributed by atoms with Crippen molar-refractivity contribution < 1.29 is 33.0 Å². The van der Waals surface area contributed by atoms with E-state index >= 15 is 0 Å². The second kappa shape index (κ2) is 12.6. The van der Waals surface area contributed by atoms with Gasteiger partial charge in [-0.05, 0) is 60.7 Å². The molecule has 1 aliphatic carbocycles. The van der Waals surface area contributed by atoms with Crippen LogP contribution in [-0.4, -0.2) is 71.4 Å². The molecular weight excluding hydrogens is 569 g/mol. The number of hydrogen-bond acceptors (Lipinski definition) is 7. The van der Waals surface area contributed by atoms with Gasteiger partial charge in [0.05, 0.1) is 25.1 Å². The number of aryl methyl sites for hydroxylation is 1. The molecule has 2 atom stereocenters. The molecule has 4 bridgehead atoms. The second-order valence-electron chi connectivity index (χ2n) is 11.7. The van der Waals surface area contributed by atoms with E-state index in [2.05, 4.69) is 15.7 Å². The number of ether oxygens (including phenoxy) is 3. The number of hydrogen-bond donors (Lipinski definition) is 2. The zero-order chi connectivity index (χ0) is 30.7. The van der Waals surface area contributed by atoms with Crippen LogP contribution in [0.3, 0.4) is 0 Å². The third-order valence-electron chi connectivity index (χ3n) is 8.45. The van der Waals surface area contributed by atoms with Crippen LogP contribution in [-0.2, 0) is 33.9 Å². The van der Waals surface area contributed by atoms with Gasteiger partial charge in [-0.1, -0.05) is 6.07 Å². The fourth-order valence-electron chi connectivity index (χ4n) is 5.92. The van der Waals surface area contributed by atoms with Crippen LogP contribution >= 0.6 is 0 Å². The van der Waals surface area contributed by atoms with E-state index in [1.807, 2.05) is 18.3 Å². The third-order valence-corrected chi connectivity index (χ3v) is 8.45. The highest BCUT2D eigenvalue weighted by Gasteiger charge is 2.53. The average Bonchev–Trinajstić information content (AvgIpc) is 3.61. The highest BCUT2D eigenvalue weighted by Crippen LogP contribution is 2.49. The van der Waals surface area contributed by atoms with Crippen LogP contribution in [0.4, 0.5) is 4.39 Å². The minimum absolute atomic E-state index is 0.0294. The number of rotatable bonds is 4. The van der Waals surface area contributed by atoms with Crippen molar-refractivity contribution in [1.82, 2.24) is 25.3 Å². The number of halogens is 1. The van der Waals surface area contributed by atoms with Crippen molar-refractivity contribution in [3.8, 4) is 17.2 Å². The lowest BCUT2D eigenvalue weighted by molar-refractivity contribution is -0.141. The first kappa shape index (κ1) is 29.5. The lowest BCUT2D eigenvalue weighted by Crippen LogP contribution is -2.59. The number of likely N-dealkylation sites (tertiary alicyclic amines) is 1. The maximum Gasteiger partial charge on any atom is 0.258 e. The Morgan fingerprint density at radius 2 is 2.00 bits per heavy atom. The first-order valence-electron chi connectivity index (χ1n) is 14.9. The molecule has 12 heteroatoms. The second-order valence-corrected chi connectivity index (χ2v) is 11.7. The molecule has 6 rings (SSSR count). The molecule has 44 heavy (non-hydrogen) atoms. The summed E-state index contributed by atoms with van der Waals surface area (Å²) < 4.78 is 33.9. The lowest BCUT2D eigenvalue weighted by atomic mass is 9.98. The van der Waals surface area contributed by atoms with E-state index in [0.29, 0.717) is 43.0 Å². The minimum atomic E-state index is -0.581. The summed E-state index contributed by atoms with van der Waals surface area (Å²) in [4.78, 5) is 41.3. The maximum atomic E-state index is 14.6. The van der Waals surface area contributed by atoms with Crippen molar-refractivity contribution in [2.75, 3.05) is 26.8 Å². The summed E-state index contributed by atoms with van der Waals surface area (Å²) in [5.41, 5.74) is 0.882. The van der Waals surface area contributed by atoms with Crippen LogP contribution in [0.15, 0.2) is 54.9 Å². The van der Waals surface area contributed by atoms with E-state index in [0.717, 1.165) is 18.4 Å². The fourth-order valence-corrected chi connectivity index (χ4v) is 5.92. The van der Waals surface area contributed by atoms with E-state index < -0.39 is 29.3 Å². The van der Waals surface area contributed by atoms with Crippen LogP contribution in [0.25, 0.3) is 0 Å². The van der Waals surface area contributed by atoms with Crippen molar-refractivity contribution in [1.29, 1.82) is 0 Å². The Morgan fingerprint density at radius 3 is 2.77 bits per heavy atom. The molecule has 232 valence electrons. The van der Waals surface area contributed by atoms with Crippen LogP contribution in [0.1, 0.15) is 36.8 Å². The summed E-state index contributed by atoms with van der Waals surface area (Å²) in [6.07, 6.45) is 5.63. The largest absolute Gasteiger partial charge is 0.493 e. The number of methoxy groups -OCH3 is 1. The van der Waals surface area contributed by atoms with E-state index in [9.17, 15) is 18.8 Å². The molecule has 0 radical (unpaired) electrons. The molecule has 2 aliphatic heterocycles. The summed E-state index contributed by atoms with van der Waals surface area (Å²) in [5, 5.41) is 10.1. The van der Waals surface area contributed by atoms with Crippen molar-refractivity contribution in [2.24, 2.45) is 5.41 Å². The van der Waals surface area contributed by atoms with Gasteiger partial charge in [0, 0.05) is 50.9 Å². The molecule has 3 amide bonds. The molecular formula is C32H36FN5O6. The summed E-state index contributed by atoms with van der Waals surface area (Å²) in [7, 11) is 1.51. The number of aromatic nitrogens is 2. The first-order valence-corrected chi connectivity index (χ1v) is 14.9. The molecule has 3 aromatic rings. The fraction of sp³-hybridized carbons (Fsp3) is 0.438. The number of nitrogens with zero attached hydrogens (tertiary/aromatic N) is 3. The Balaban J connectivity index is 1.24. The quantitative estimate of drug-likeness (QED) is 0.469. The van der Waals surface area contributed by atoms with E-state index in [-0.39, 0.29) is 43.7 Å². The minimum Gasteiger partial charge on any atom is -0.493 e. The number of carbonyl (C=O) groups is 3. The molecule has 1 saturated heterocycles. The standard InChI is InChI=1S/C32H36FN5O6/c1-42-27-5-3-21-4-6-29(39)34-17-22-13-23(33)16-24(14-22)44-26-7-12-37(18-25(26)36-30(40)19-43-28(27)15-21)31(41)32(8-9-32)20-38-11-2-10-35-38/h2-3,5,10-11,13-16,25-26H,4,6-9,12,17-20H2,1H3,(H,34,39)(H,36,40)/t25-,26-/m1/s1. The molecule has 2 fully saturated rings. The van der Waals surface area contributed by atoms with Gasteiger partial charge in [0.25, 0.3) is 5.91 Å². The monoisotopic (exact) mass is 605 g/mol. The van der Waals surface area contributed by atoms with Gasteiger partial charge in [-0.2, -0.15) is 5.10 Å². The Bertz CT molecular complexity index is 1530. The molecule has 3 aliphatic rings. The Hall–Kier alpha value is -4.61. The highest BCUT2D eigenvalue weighted by molar-refractivity contribution is 5.85. The number of carbonyl (C=O) groups excluding carboxylic acids is 3. The van der Waals surface area contributed by atoms with Crippen LogP contribution < -0.4 is 24.8 Å². The van der Waals surface area contributed by atoms with Gasteiger partial charge in [-0.3, -0.25) is 19.1 Å². The molecule has 2 N–H and O–H groups in total. The Kier molecular flexibility index (Phi) is 8.40. The summed E-state index contributed by atoms with van der Waals surface area (Å²) >= 11 is 0. The lowest BCUT2D eigenvalue weighted by Gasteiger charge is -2.40. The third kappa shape index (κ3) is 6.79. The van der Waals surface area contributed by atoms with Crippen LogP contribution in [0.5, 0.6) is 17.2 Å². The van der Waals surface area contributed by atoms with Crippen LogP contribution in [0.2, 0.25) is 0 Å². The van der Waals surface area contributed by atoms with Crippen molar-refractivity contribution >= 4 is 17.7 Å². The van der Waals surface area contributed by atoms with Gasteiger partial charge in [0.2, 0.25) is 11.8 Å². The van der Waals surface area contributed by atoms with Crippen molar-refractivity contribution in [2.45, 2.75) is 57.3 Å². The zero-order valence-corrected chi connectivity index (χ0v) is 24.6. The predicted octanol–water partition coefficient (Wildman–Crippen LogP) is 2.62. The summed E-state index contributed by atoms with van der Waals surface area (Å²) in [6.45, 7) is 0.992. The molecule has 0 unspecified atom stereocenters. The smallest absolute Gasteiger partial charge is 0.258 e. The van der Waals surface area contributed by atoms with Crippen LogP contribution in [0, 0.1) is 11.2 Å². The van der Waals surface area contributed by atoms with Gasteiger partial charge in [-0.15, -0.1) is 0 Å². The number of nitrogens with one attached hydrogen (secondary N) is 2. The Morgan fingerprint density at radius 1 is 1.14 bits per heavy atom. The summed E-state index contributed by atoms with van der Waals surface area (Å²) in [5.74, 6) is 0.0764. The highest BCUT2D eigenvalue weighted by atomic mass is 19.1. The van der Waals surface area contributed by atoms with Gasteiger partial charge in [-0.25, -0.2) is 4.39 Å². The predicted molar refractivity (Wildman–Crippen MR) is 156 cm³/mol. The molecule has 1 saturated carbocycles. The molecule has 2 aromatic carbocycles. The molecule has 1 aromatic heterocycles. The molecule has 11 nitrogen and oxygen atoms in total. The topological polar surface area (TPSA) is 124 Å². The SMILES string of the molecule is COc1ccc2cc1OCC(=O)N[C@@H]1CN(C(=O)C3(Cn4cccn4)CC3)CC[C@H]1Oc1cc(F)cc(c1)CNC(=O)CC2. The van der Waals surface area contributed by atoms with E-state index in [1.165, 1.54) is 19.2 Å². The van der Waals surface area contributed by atoms with Gasteiger partial charge >= 0.3 is 0 Å². The van der Waals surface area contributed by atoms with Crippen molar-refractivity contribution in [3.05, 3.63) is 71.8 Å². The van der Waals surface area contributed by atoms with Crippen molar-refractivity contribution in [3.63, 3.8) is 0 Å². The summed E-state index contributed by atoms with van der Waals surface area (Å²) in [6, 6.07) is 10.9. The van der Waals surface area contributed by atoms with Gasteiger partial charge < -0.3 is 29.7 Å². The zero-order valence-electron chi connectivity index (χ0n) is 24.6.